The number of hydrogen-bond donors (Lipinski definition) is 1. The first-order valence-electron chi connectivity index (χ1n) is 6.80. The van der Waals surface area contributed by atoms with Crippen molar-refractivity contribution in [3.63, 3.8) is 0 Å². The van der Waals surface area contributed by atoms with E-state index in [-0.39, 0.29) is 0 Å². The lowest BCUT2D eigenvalue weighted by atomic mass is 10.1. The molecule has 0 aliphatic heterocycles. The Morgan fingerprint density at radius 3 is 2.88 bits per heavy atom. The Hall–Kier alpha value is -0.380. The molecule has 1 atom stereocenters. The lowest BCUT2D eigenvalue weighted by molar-refractivity contribution is 0.243. The van der Waals surface area contributed by atoms with E-state index in [4.69, 9.17) is 5.73 Å². The predicted molar refractivity (Wildman–Crippen MR) is 75.3 cm³/mol. The molecule has 1 saturated carbocycles. The van der Waals surface area contributed by atoms with E-state index in [1.807, 2.05) is 0 Å². The molecule has 1 fully saturated rings. The SMILES string of the molecule is CCCC(N)CCN(Cc1ccsc1)C1CC1. The highest BCUT2D eigenvalue weighted by Crippen LogP contribution is 2.29. The fourth-order valence-electron chi connectivity index (χ4n) is 2.29. The molecule has 0 aromatic carbocycles. The van der Waals surface area contributed by atoms with Crippen molar-refractivity contribution in [2.24, 2.45) is 5.73 Å². The zero-order valence-corrected chi connectivity index (χ0v) is 11.6. The highest BCUT2D eigenvalue weighted by Gasteiger charge is 2.28. The highest BCUT2D eigenvalue weighted by atomic mass is 32.1. The molecular formula is C14H24N2S. The van der Waals surface area contributed by atoms with E-state index in [2.05, 4.69) is 28.7 Å². The molecule has 1 aliphatic carbocycles. The first-order valence-corrected chi connectivity index (χ1v) is 7.74. The number of thiophene rings is 1. The second-order valence-electron chi connectivity index (χ2n) is 5.17. The first kappa shape index (κ1) is 13.1. The lowest BCUT2D eigenvalue weighted by Crippen LogP contribution is -2.31. The zero-order valence-electron chi connectivity index (χ0n) is 10.8. The van der Waals surface area contributed by atoms with Gasteiger partial charge in [0.25, 0.3) is 0 Å². The molecule has 1 heterocycles. The van der Waals surface area contributed by atoms with Crippen LogP contribution in [-0.4, -0.2) is 23.5 Å². The maximum atomic E-state index is 6.10. The summed E-state index contributed by atoms with van der Waals surface area (Å²) in [7, 11) is 0. The minimum Gasteiger partial charge on any atom is -0.328 e. The Kier molecular flexibility index (Phi) is 5.01. The summed E-state index contributed by atoms with van der Waals surface area (Å²) in [5, 5.41) is 4.44. The van der Waals surface area contributed by atoms with Gasteiger partial charge in [-0.25, -0.2) is 0 Å². The van der Waals surface area contributed by atoms with Crippen LogP contribution in [0, 0.1) is 0 Å². The van der Waals surface area contributed by atoms with Gasteiger partial charge in [0.05, 0.1) is 0 Å². The van der Waals surface area contributed by atoms with E-state index >= 15 is 0 Å². The van der Waals surface area contributed by atoms with E-state index < -0.39 is 0 Å². The predicted octanol–water partition coefficient (Wildman–Crippen LogP) is 3.23. The smallest absolute Gasteiger partial charge is 0.0244 e. The molecule has 2 N–H and O–H groups in total. The molecule has 0 saturated heterocycles. The highest BCUT2D eigenvalue weighted by molar-refractivity contribution is 7.07. The molecule has 1 aromatic heterocycles. The van der Waals surface area contributed by atoms with Crippen molar-refractivity contribution in [1.82, 2.24) is 4.90 Å². The molecule has 1 aliphatic rings. The monoisotopic (exact) mass is 252 g/mol. The van der Waals surface area contributed by atoms with Gasteiger partial charge >= 0.3 is 0 Å². The summed E-state index contributed by atoms with van der Waals surface area (Å²) in [6, 6.07) is 3.47. The van der Waals surface area contributed by atoms with Gasteiger partial charge in [0, 0.05) is 25.2 Å². The number of nitrogens with zero attached hydrogens (tertiary/aromatic N) is 1. The maximum Gasteiger partial charge on any atom is 0.0244 e. The van der Waals surface area contributed by atoms with Gasteiger partial charge in [-0.2, -0.15) is 11.3 Å². The van der Waals surface area contributed by atoms with Crippen LogP contribution in [0.15, 0.2) is 16.8 Å². The third-order valence-corrected chi connectivity index (χ3v) is 4.21. The fraction of sp³-hybridized carbons (Fsp3) is 0.714. The first-order chi connectivity index (χ1) is 8.29. The third-order valence-electron chi connectivity index (χ3n) is 3.48. The molecular weight excluding hydrogens is 228 g/mol. The van der Waals surface area contributed by atoms with Crippen molar-refractivity contribution in [2.75, 3.05) is 6.54 Å². The Balaban J connectivity index is 1.77. The minimum atomic E-state index is 0.392. The van der Waals surface area contributed by atoms with Crippen LogP contribution in [-0.2, 0) is 6.54 Å². The Morgan fingerprint density at radius 2 is 2.29 bits per heavy atom. The van der Waals surface area contributed by atoms with Gasteiger partial charge in [0.15, 0.2) is 0 Å². The van der Waals surface area contributed by atoms with Gasteiger partial charge in [0.1, 0.15) is 0 Å². The summed E-state index contributed by atoms with van der Waals surface area (Å²) in [6.07, 6.45) is 6.28. The summed E-state index contributed by atoms with van der Waals surface area (Å²) in [6.45, 7) is 4.50. The van der Waals surface area contributed by atoms with Gasteiger partial charge in [-0.15, -0.1) is 0 Å². The molecule has 96 valence electrons. The Morgan fingerprint density at radius 1 is 1.47 bits per heavy atom. The molecule has 1 aromatic rings. The number of nitrogens with two attached hydrogens (primary N) is 1. The van der Waals surface area contributed by atoms with E-state index in [0.717, 1.165) is 25.4 Å². The summed E-state index contributed by atoms with van der Waals surface area (Å²) in [5.74, 6) is 0. The lowest BCUT2D eigenvalue weighted by Gasteiger charge is -2.23. The van der Waals surface area contributed by atoms with Gasteiger partial charge < -0.3 is 5.73 Å². The van der Waals surface area contributed by atoms with E-state index in [9.17, 15) is 0 Å². The standard InChI is InChI=1S/C14H24N2S/c1-2-3-13(15)6-8-16(14-4-5-14)10-12-7-9-17-11-12/h7,9,11,13-14H,2-6,8,10,15H2,1H3. The Bertz CT molecular complexity index is 306. The summed E-state index contributed by atoms with van der Waals surface area (Å²) in [4.78, 5) is 2.62. The van der Waals surface area contributed by atoms with Crippen LogP contribution in [0.1, 0.15) is 44.6 Å². The van der Waals surface area contributed by atoms with Crippen LogP contribution >= 0.6 is 11.3 Å². The average Bonchev–Trinajstić information content (AvgIpc) is 3.03. The molecule has 0 radical (unpaired) electrons. The largest absolute Gasteiger partial charge is 0.328 e. The molecule has 0 bridgehead atoms. The third kappa shape index (κ3) is 4.41. The van der Waals surface area contributed by atoms with Gasteiger partial charge in [-0.1, -0.05) is 13.3 Å². The van der Waals surface area contributed by atoms with Crippen molar-refractivity contribution >= 4 is 11.3 Å². The quantitative estimate of drug-likeness (QED) is 0.769. The summed E-state index contributed by atoms with van der Waals surface area (Å²) < 4.78 is 0. The molecule has 3 heteroatoms. The molecule has 17 heavy (non-hydrogen) atoms. The average molecular weight is 252 g/mol. The van der Waals surface area contributed by atoms with Gasteiger partial charge in [-0.3, -0.25) is 4.90 Å². The molecule has 0 amide bonds. The molecule has 2 rings (SSSR count). The Labute approximate surface area is 109 Å². The van der Waals surface area contributed by atoms with E-state index in [1.165, 1.54) is 31.4 Å². The number of rotatable bonds is 8. The van der Waals surface area contributed by atoms with Crippen LogP contribution in [0.5, 0.6) is 0 Å². The van der Waals surface area contributed by atoms with Crippen LogP contribution in [0.2, 0.25) is 0 Å². The van der Waals surface area contributed by atoms with Crippen LogP contribution in [0.3, 0.4) is 0 Å². The van der Waals surface area contributed by atoms with Crippen molar-refractivity contribution in [1.29, 1.82) is 0 Å². The van der Waals surface area contributed by atoms with Crippen LogP contribution < -0.4 is 5.73 Å². The maximum absolute atomic E-state index is 6.10. The summed E-state index contributed by atoms with van der Waals surface area (Å²) in [5.41, 5.74) is 7.57. The van der Waals surface area contributed by atoms with Crippen LogP contribution in [0.4, 0.5) is 0 Å². The van der Waals surface area contributed by atoms with Gasteiger partial charge in [0.2, 0.25) is 0 Å². The normalized spacial score (nSPS) is 17.6. The van der Waals surface area contributed by atoms with Crippen molar-refractivity contribution in [3.05, 3.63) is 22.4 Å². The fourth-order valence-corrected chi connectivity index (χ4v) is 2.95. The van der Waals surface area contributed by atoms with Crippen LogP contribution in [0.25, 0.3) is 0 Å². The van der Waals surface area contributed by atoms with Crippen molar-refractivity contribution < 1.29 is 0 Å². The minimum absolute atomic E-state index is 0.392. The van der Waals surface area contributed by atoms with Gasteiger partial charge in [-0.05, 0) is 48.1 Å². The van der Waals surface area contributed by atoms with E-state index in [1.54, 1.807) is 11.3 Å². The second-order valence-corrected chi connectivity index (χ2v) is 5.95. The molecule has 1 unspecified atom stereocenters. The van der Waals surface area contributed by atoms with E-state index in [0.29, 0.717) is 6.04 Å². The molecule has 0 spiro atoms. The molecule has 2 nitrogen and oxygen atoms in total. The van der Waals surface area contributed by atoms with Crippen molar-refractivity contribution in [2.45, 2.75) is 57.7 Å². The number of hydrogen-bond acceptors (Lipinski definition) is 3. The summed E-state index contributed by atoms with van der Waals surface area (Å²) >= 11 is 1.79. The van der Waals surface area contributed by atoms with Crippen molar-refractivity contribution in [3.8, 4) is 0 Å². The zero-order chi connectivity index (χ0) is 12.1. The topological polar surface area (TPSA) is 29.3 Å². The second kappa shape index (κ2) is 6.53.